The number of carbonyl (C=O) groups is 17. The Morgan fingerprint density at radius 2 is 1.03 bits per heavy atom. The molecule has 2 aromatic carbocycles. The lowest BCUT2D eigenvalue weighted by atomic mass is 9.99. The molecule has 15 unspecified atom stereocenters. The second-order valence-electron chi connectivity index (χ2n) is 30.8. The van der Waals surface area contributed by atoms with Gasteiger partial charge < -0.3 is 121 Å². The Kier molecular flexibility index (Phi) is 38.7. The van der Waals surface area contributed by atoms with E-state index in [1.54, 1.807) is 85.9 Å². The highest BCUT2D eigenvalue weighted by molar-refractivity contribution is 6.01. The number of nitrogens with one attached hydrogen (secondary N) is 16. The lowest BCUT2D eigenvalue weighted by molar-refractivity contribution is -0.143. The van der Waals surface area contributed by atoms with Gasteiger partial charge in [-0.25, -0.2) is 9.78 Å². The Hall–Kier alpha value is -12.1. The number of benzene rings is 2. The number of primary amides is 1. The summed E-state index contributed by atoms with van der Waals surface area (Å²) in [5, 5.41) is 76.3. The Morgan fingerprint density at radius 1 is 0.529 bits per heavy atom. The lowest BCUT2D eigenvalue weighted by Crippen LogP contribution is -2.62. The van der Waals surface area contributed by atoms with Crippen molar-refractivity contribution in [2.75, 3.05) is 32.8 Å². The van der Waals surface area contributed by atoms with Crippen LogP contribution in [0.2, 0.25) is 0 Å². The zero-order valence-electron chi connectivity index (χ0n) is 68.6. The fourth-order valence-corrected chi connectivity index (χ4v) is 12.9. The molecule has 0 aliphatic carbocycles. The van der Waals surface area contributed by atoms with E-state index in [9.17, 15) is 102 Å². The largest absolute Gasteiger partial charge is 0.508 e. The number of hydrogen-bond acceptors (Lipinski definition) is 22. The van der Waals surface area contributed by atoms with Gasteiger partial charge >= 0.3 is 5.97 Å². The number of likely N-dealkylation sites (tertiary alicyclic amines) is 1. The van der Waals surface area contributed by atoms with Gasteiger partial charge in [0.2, 0.25) is 94.5 Å². The molecule has 1 aliphatic rings. The quantitative estimate of drug-likeness (QED) is 0.0197. The van der Waals surface area contributed by atoms with Crippen LogP contribution >= 0.6 is 0 Å². The number of aromatic hydroxyl groups is 1. The summed E-state index contributed by atoms with van der Waals surface area (Å²) < 4.78 is 0. The highest BCUT2D eigenvalue weighted by atomic mass is 16.4. The number of imidazole rings is 1. The molecule has 41 nitrogen and oxygen atoms in total. The summed E-state index contributed by atoms with van der Waals surface area (Å²) in [5.41, 5.74) is 13.1. The third-order valence-corrected chi connectivity index (χ3v) is 19.5. The molecule has 0 saturated carbocycles. The number of carbonyl (C=O) groups excluding carboxylic acids is 16. The maximum absolute atomic E-state index is 14.5. The summed E-state index contributed by atoms with van der Waals surface area (Å²) in [6, 6.07) is -6.34. The standard InChI is InChI=1S/C78H116N20O21/c1-12-41(8)64(78(118)119)96-67(107)43(10)87-69(109)56(29-47-33-81-37-85-47)93-76(116)59-18-15-23-98(59)63(105)35-84-68(108)51(24-38(2)3)90-70(110)52(25-39(4)5)91-72(112)54(27-45-19-21-48(101)22-20-45)89-62(104)34-83-66(106)42(9)86-75(115)58(36-99)95-73(113)57(30-60(80)102)92-71(111)53(26-40(6)7)94-77(117)65(44(11)100)97-74(114)55(88-61(103)31-79)28-46-32-82-50-17-14-13-16-49(46)50/h13-14,16-17,19-22,32-33,37-44,51-59,64-65,82,99-101H,12,15,18,23-31,34-36,79H2,1-11H3,(H2,80,102)(H,81,85)(H,83,106)(H,84,108)(H,86,115)(H,87,109)(H,88,103)(H,89,104)(H,90,110)(H,91,112)(H,92,111)(H,93,116)(H,94,117)(H,95,113)(H,96,107)(H,97,114)(H,118,119). The molecule has 1 fully saturated rings. The highest BCUT2D eigenvalue weighted by Gasteiger charge is 2.40. The first-order valence-corrected chi connectivity index (χ1v) is 39.4. The summed E-state index contributed by atoms with van der Waals surface area (Å²) in [6.45, 7) is 14.4. The number of aromatic nitrogens is 3. The number of H-pyrrole nitrogens is 2. The van der Waals surface area contributed by atoms with Crippen molar-refractivity contribution >= 4 is 111 Å². The molecule has 5 rings (SSSR count). The number of aliphatic hydroxyl groups is 2. The number of fused-ring (bicyclic) bond motifs is 1. The zero-order valence-corrected chi connectivity index (χ0v) is 68.6. The minimum Gasteiger partial charge on any atom is -0.508 e. The van der Waals surface area contributed by atoms with E-state index in [1.807, 2.05) is 0 Å². The summed E-state index contributed by atoms with van der Waals surface area (Å²) in [5.74, 6) is -17.7. The van der Waals surface area contributed by atoms with E-state index in [-0.39, 0.29) is 75.0 Å². The predicted molar refractivity (Wildman–Crippen MR) is 428 cm³/mol. The Labute approximate surface area is 687 Å². The van der Waals surface area contributed by atoms with Crippen LogP contribution in [0.4, 0.5) is 0 Å². The van der Waals surface area contributed by atoms with Crippen molar-refractivity contribution in [3.05, 3.63) is 84.1 Å². The van der Waals surface area contributed by atoms with Gasteiger partial charge in [0.1, 0.15) is 84.3 Å². The van der Waals surface area contributed by atoms with Crippen LogP contribution in [0.1, 0.15) is 138 Å². The summed E-state index contributed by atoms with van der Waals surface area (Å²) in [7, 11) is 0. The second kappa shape index (κ2) is 47.3. The maximum Gasteiger partial charge on any atom is 0.326 e. The molecule has 1 saturated heterocycles. The van der Waals surface area contributed by atoms with Crippen LogP contribution in [-0.4, -0.2) is 258 Å². The third kappa shape index (κ3) is 31.3. The van der Waals surface area contributed by atoms with E-state index in [4.69, 9.17) is 11.5 Å². The van der Waals surface area contributed by atoms with Crippen molar-refractivity contribution < 1.29 is 102 Å². The molecular weight excluding hydrogens is 1550 g/mol. The van der Waals surface area contributed by atoms with Crippen molar-refractivity contribution in [1.29, 1.82) is 0 Å². The van der Waals surface area contributed by atoms with Crippen LogP contribution in [0.25, 0.3) is 10.9 Å². The van der Waals surface area contributed by atoms with E-state index in [2.05, 4.69) is 89.4 Å². The van der Waals surface area contributed by atoms with Crippen LogP contribution in [0.5, 0.6) is 5.75 Å². The normalized spacial score (nSPS) is 16.1. The van der Waals surface area contributed by atoms with Gasteiger partial charge in [-0.15, -0.1) is 0 Å². The van der Waals surface area contributed by atoms with E-state index < -0.39 is 224 Å². The molecule has 119 heavy (non-hydrogen) atoms. The van der Waals surface area contributed by atoms with Gasteiger partial charge in [0.15, 0.2) is 0 Å². The van der Waals surface area contributed by atoms with Gasteiger partial charge in [-0.05, 0) is 106 Å². The number of para-hydroxylation sites is 1. The van der Waals surface area contributed by atoms with Crippen LogP contribution in [-0.2, 0) is 101 Å². The first-order valence-electron chi connectivity index (χ1n) is 39.4. The molecule has 4 aromatic rings. The number of rotatable bonds is 48. The van der Waals surface area contributed by atoms with Crippen molar-refractivity contribution in [3.8, 4) is 5.75 Å². The molecule has 2 aromatic heterocycles. The molecule has 41 heteroatoms. The molecule has 3 heterocycles. The average molecular weight is 1670 g/mol. The first-order chi connectivity index (χ1) is 56.1. The van der Waals surface area contributed by atoms with Crippen LogP contribution in [0.15, 0.2) is 67.3 Å². The molecule has 654 valence electrons. The first kappa shape index (κ1) is 97.4. The van der Waals surface area contributed by atoms with Crippen molar-refractivity contribution in [3.63, 3.8) is 0 Å². The summed E-state index contributed by atoms with van der Waals surface area (Å²) >= 11 is 0. The Bertz CT molecular complexity index is 4190. The molecule has 0 spiro atoms. The number of amides is 16. The number of phenols is 1. The van der Waals surface area contributed by atoms with Crippen LogP contribution in [0, 0.1) is 23.7 Å². The van der Waals surface area contributed by atoms with Crippen molar-refractivity contribution in [2.45, 2.75) is 225 Å². The third-order valence-electron chi connectivity index (χ3n) is 19.5. The lowest BCUT2D eigenvalue weighted by Gasteiger charge is -2.28. The smallest absolute Gasteiger partial charge is 0.326 e. The van der Waals surface area contributed by atoms with Crippen molar-refractivity contribution in [1.82, 2.24) is 94.3 Å². The summed E-state index contributed by atoms with van der Waals surface area (Å²) in [4.78, 5) is 243. The monoisotopic (exact) mass is 1670 g/mol. The molecule has 24 N–H and O–H groups in total. The van der Waals surface area contributed by atoms with Gasteiger partial charge in [0.05, 0.1) is 50.8 Å². The number of aliphatic carboxylic acids is 1. The fourth-order valence-electron chi connectivity index (χ4n) is 12.9. The molecule has 16 amide bonds. The number of hydrogen-bond donors (Lipinski definition) is 22. The maximum atomic E-state index is 14.5. The molecule has 1 aliphatic heterocycles. The fraction of sp³-hybridized carbons (Fsp3) is 0.564. The number of nitrogens with two attached hydrogens (primary N) is 2. The van der Waals surface area contributed by atoms with Gasteiger partial charge in [0, 0.05) is 49.1 Å². The van der Waals surface area contributed by atoms with E-state index in [0.29, 0.717) is 29.7 Å². The van der Waals surface area contributed by atoms with Crippen molar-refractivity contribution in [2.24, 2.45) is 35.1 Å². The minimum atomic E-state index is -1.89. The second-order valence-corrected chi connectivity index (χ2v) is 30.8. The number of nitrogens with zero attached hydrogens (tertiary/aromatic N) is 2. The van der Waals surface area contributed by atoms with Gasteiger partial charge in [-0.1, -0.05) is 92.1 Å². The molecule has 15 atom stereocenters. The number of carboxylic acids is 1. The highest BCUT2D eigenvalue weighted by Crippen LogP contribution is 2.22. The molecular formula is C78H116N20O21. The number of aromatic amines is 2. The number of phenolic OH excluding ortho intramolecular Hbond substituents is 1. The van der Waals surface area contributed by atoms with Crippen LogP contribution in [0.3, 0.4) is 0 Å². The topological polar surface area (TPSA) is 639 Å². The number of carboxylic acid groups (broad SMARTS) is 1. The molecule has 0 bridgehead atoms. The van der Waals surface area contributed by atoms with Crippen LogP contribution < -0.4 is 85.9 Å². The average Bonchev–Trinajstić information content (AvgIpc) is 1.74. The van der Waals surface area contributed by atoms with E-state index >= 15 is 0 Å². The molecule has 0 radical (unpaired) electrons. The van der Waals surface area contributed by atoms with Gasteiger partial charge in [0.25, 0.3) is 0 Å². The minimum absolute atomic E-state index is 0.0194. The predicted octanol–water partition coefficient (Wildman–Crippen LogP) is -4.82. The van der Waals surface area contributed by atoms with E-state index in [0.717, 1.165) is 10.9 Å². The van der Waals surface area contributed by atoms with Gasteiger partial charge in [-0.2, -0.15) is 0 Å². The summed E-state index contributed by atoms with van der Waals surface area (Å²) in [6.07, 6.45) is 2.29. The zero-order chi connectivity index (χ0) is 88.7. The van der Waals surface area contributed by atoms with Gasteiger partial charge in [-0.3, -0.25) is 76.7 Å². The Balaban J connectivity index is 1.20. The Morgan fingerprint density at radius 3 is 1.58 bits per heavy atom. The van der Waals surface area contributed by atoms with E-state index in [1.165, 1.54) is 62.5 Å². The number of aliphatic hydroxyl groups excluding tert-OH is 2. The SMILES string of the molecule is CCC(C)C(NC(=O)C(C)NC(=O)C(Cc1c[nH]cn1)NC(=O)C1CCCN1C(=O)CNC(=O)C(CC(C)C)NC(=O)C(CC(C)C)NC(=O)C(Cc1ccc(O)cc1)NC(=O)CNC(=O)C(C)NC(=O)C(CO)NC(=O)C(CC(N)=O)NC(=O)C(CC(C)C)NC(=O)C(NC(=O)C(Cc1c[nH]c2ccccc12)NC(=O)CN)C(C)O)C(=O)O.